The molecule has 130 valence electrons. The molecule has 0 spiro atoms. The molecule has 1 aliphatic rings. The van der Waals surface area contributed by atoms with Crippen LogP contribution in [0.1, 0.15) is 34.3 Å². The number of anilines is 1. The van der Waals surface area contributed by atoms with Crippen LogP contribution in [0.3, 0.4) is 0 Å². The normalized spacial score (nSPS) is 14.8. The highest BCUT2D eigenvalue weighted by Crippen LogP contribution is 2.30. The van der Waals surface area contributed by atoms with Crippen molar-refractivity contribution < 1.29 is 18.8 Å². The molecule has 0 unspecified atom stereocenters. The van der Waals surface area contributed by atoms with E-state index in [9.17, 15) is 9.59 Å². The van der Waals surface area contributed by atoms with Gasteiger partial charge in [0.25, 0.3) is 5.91 Å². The van der Waals surface area contributed by atoms with E-state index in [2.05, 4.69) is 25.9 Å². The summed E-state index contributed by atoms with van der Waals surface area (Å²) >= 11 is 1.44. The van der Waals surface area contributed by atoms with Gasteiger partial charge in [-0.05, 0) is 12.8 Å². The Kier molecular flexibility index (Phi) is 5.30. The van der Waals surface area contributed by atoms with E-state index >= 15 is 0 Å². The Morgan fingerprint density at radius 1 is 1.48 bits per heavy atom. The van der Waals surface area contributed by atoms with Crippen LogP contribution in [0.4, 0.5) is 10.6 Å². The number of ether oxygens (including phenoxy) is 1. The summed E-state index contributed by atoms with van der Waals surface area (Å²) in [7, 11) is 0. The maximum atomic E-state index is 12.1. The van der Waals surface area contributed by atoms with Crippen molar-refractivity contribution in [2.45, 2.75) is 18.8 Å². The van der Waals surface area contributed by atoms with Gasteiger partial charge in [-0.2, -0.15) is 0 Å². The van der Waals surface area contributed by atoms with E-state index in [4.69, 9.17) is 11.2 Å². The number of amides is 2. The van der Waals surface area contributed by atoms with Gasteiger partial charge in [-0.1, -0.05) is 11.1 Å². The first-order chi connectivity index (χ1) is 12.2. The Morgan fingerprint density at radius 2 is 2.28 bits per heavy atom. The van der Waals surface area contributed by atoms with E-state index in [1.54, 1.807) is 16.3 Å². The van der Waals surface area contributed by atoms with Gasteiger partial charge in [0.05, 0.1) is 5.01 Å². The molecular formula is C16H16N4O4S. The first-order valence-electron chi connectivity index (χ1n) is 7.69. The molecule has 2 aromatic heterocycles. The summed E-state index contributed by atoms with van der Waals surface area (Å²) in [4.78, 5) is 29.9. The lowest BCUT2D eigenvalue weighted by Gasteiger charge is -2.30. The number of rotatable bonds is 4. The average molecular weight is 360 g/mol. The number of carbonyl (C=O) groups is 2. The van der Waals surface area contributed by atoms with Gasteiger partial charge >= 0.3 is 6.09 Å². The number of thiazole rings is 1. The topological polar surface area (TPSA) is 97.6 Å². The highest BCUT2D eigenvalue weighted by atomic mass is 32.1. The van der Waals surface area contributed by atoms with Crippen LogP contribution in [-0.4, -0.2) is 46.7 Å². The Balaban J connectivity index is 1.54. The number of hydrogen-bond donors (Lipinski definition) is 1. The zero-order valence-electron chi connectivity index (χ0n) is 13.3. The first-order valence-corrected chi connectivity index (χ1v) is 8.57. The van der Waals surface area contributed by atoms with Gasteiger partial charge in [-0.3, -0.25) is 4.79 Å². The third kappa shape index (κ3) is 4.16. The van der Waals surface area contributed by atoms with Crippen LogP contribution in [0.15, 0.2) is 22.2 Å². The van der Waals surface area contributed by atoms with E-state index in [0.717, 1.165) is 17.8 Å². The van der Waals surface area contributed by atoms with Gasteiger partial charge in [-0.15, -0.1) is 17.8 Å². The Labute approximate surface area is 148 Å². The van der Waals surface area contributed by atoms with Crippen LogP contribution in [-0.2, 0) is 4.74 Å². The molecular weight excluding hydrogens is 344 g/mol. The maximum Gasteiger partial charge on any atom is 0.410 e. The number of carbonyl (C=O) groups excluding carboxylic acids is 2. The summed E-state index contributed by atoms with van der Waals surface area (Å²) < 4.78 is 9.60. The third-order valence-corrected chi connectivity index (χ3v) is 4.82. The summed E-state index contributed by atoms with van der Waals surface area (Å²) in [6.45, 7) is 1.14. The molecule has 0 saturated carbocycles. The third-order valence-electron chi connectivity index (χ3n) is 3.82. The molecule has 0 aliphatic carbocycles. The fourth-order valence-electron chi connectivity index (χ4n) is 2.54. The van der Waals surface area contributed by atoms with Gasteiger partial charge in [0.15, 0.2) is 12.4 Å². The SMILES string of the molecule is C#CCOC(=O)N1CCC(c2nc(C(=O)Nc3ccon3)cs2)CC1. The van der Waals surface area contributed by atoms with E-state index in [-0.39, 0.29) is 24.5 Å². The summed E-state index contributed by atoms with van der Waals surface area (Å²) in [6.07, 6.45) is 7.61. The van der Waals surface area contributed by atoms with E-state index in [1.165, 1.54) is 17.6 Å². The minimum absolute atomic E-state index is 0.0186. The number of likely N-dealkylation sites (tertiary alicyclic amines) is 1. The quantitative estimate of drug-likeness (QED) is 0.841. The van der Waals surface area contributed by atoms with Crippen molar-refractivity contribution in [1.82, 2.24) is 15.0 Å². The fourth-order valence-corrected chi connectivity index (χ4v) is 3.51. The molecule has 1 N–H and O–H groups in total. The number of nitrogens with zero attached hydrogens (tertiary/aromatic N) is 3. The number of terminal acetylenes is 1. The molecule has 1 saturated heterocycles. The van der Waals surface area contributed by atoms with Crippen molar-refractivity contribution in [3.8, 4) is 12.3 Å². The molecule has 8 nitrogen and oxygen atoms in total. The van der Waals surface area contributed by atoms with Crippen molar-refractivity contribution in [3.05, 3.63) is 28.4 Å². The molecule has 2 aromatic rings. The van der Waals surface area contributed by atoms with Crippen molar-refractivity contribution in [1.29, 1.82) is 0 Å². The number of hydrogen-bond acceptors (Lipinski definition) is 7. The second-order valence-corrected chi connectivity index (χ2v) is 6.32. The maximum absolute atomic E-state index is 12.1. The first kappa shape index (κ1) is 17.0. The van der Waals surface area contributed by atoms with E-state index in [1.807, 2.05) is 0 Å². The van der Waals surface area contributed by atoms with Crippen LogP contribution in [0.5, 0.6) is 0 Å². The lowest BCUT2D eigenvalue weighted by Crippen LogP contribution is -2.38. The van der Waals surface area contributed by atoms with Crippen molar-refractivity contribution >= 4 is 29.2 Å². The summed E-state index contributed by atoms with van der Waals surface area (Å²) in [5.74, 6) is 2.51. The molecule has 3 heterocycles. The van der Waals surface area contributed by atoms with Gasteiger partial charge < -0.3 is 19.5 Å². The summed E-state index contributed by atoms with van der Waals surface area (Å²) in [5, 5.41) is 8.85. The van der Waals surface area contributed by atoms with Crippen LogP contribution in [0.2, 0.25) is 0 Å². The summed E-state index contributed by atoms with van der Waals surface area (Å²) in [5.41, 5.74) is 0.346. The number of aromatic nitrogens is 2. The van der Waals surface area contributed by atoms with Crippen LogP contribution < -0.4 is 5.32 Å². The molecule has 9 heteroatoms. The van der Waals surface area contributed by atoms with Crippen molar-refractivity contribution in [3.63, 3.8) is 0 Å². The van der Waals surface area contributed by atoms with Gasteiger partial charge in [-0.25, -0.2) is 9.78 Å². The minimum atomic E-state index is -0.386. The average Bonchev–Trinajstić information content (AvgIpc) is 3.31. The Hall–Kier alpha value is -2.86. The van der Waals surface area contributed by atoms with Gasteiger partial charge in [0.1, 0.15) is 12.0 Å². The molecule has 1 fully saturated rings. The smallest absolute Gasteiger partial charge is 0.410 e. The Bertz CT molecular complexity index is 772. The van der Waals surface area contributed by atoms with E-state index < -0.39 is 0 Å². The summed E-state index contributed by atoms with van der Waals surface area (Å²) in [6, 6.07) is 1.56. The van der Waals surface area contributed by atoms with Crippen LogP contribution in [0.25, 0.3) is 0 Å². The standard InChI is InChI=1S/C16H16N4O4S/c1-2-8-23-16(22)20-6-3-11(4-7-20)15-17-12(10-25-15)14(21)18-13-5-9-24-19-13/h1,5,9-11H,3-4,6-8H2,(H,18,19,21). The monoisotopic (exact) mass is 360 g/mol. The van der Waals surface area contributed by atoms with Crippen molar-refractivity contribution in [2.24, 2.45) is 0 Å². The molecule has 2 amide bonds. The van der Waals surface area contributed by atoms with Crippen molar-refractivity contribution in [2.75, 3.05) is 25.0 Å². The Morgan fingerprint density at radius 3 is 2.96 bits per heavy atom. The molecule has 0 aromatic carbocycles. The predicted octanol–water partition coefficient (Wildman–Crippen LogP) is 2.33. The molecule has 25 heavy (non-hydrogen) atoms. The highest BCUT2D eigenvalue weighted by Gasteiger charge is 2.27. The lowest BCUT2D eigenvalue weighted by molar-refractivity contribution is 0.102. The largest absolute Gasteiger partial charge is 0.436 e. The minimum Gasteiger partial charge on any atom is -0.436 e. The molecule has 0 atom stereocenters. The highest BCUT2D eigenvalue weighted by molar-refractivity contribution is 7.09. The fraction of sp³-hybridized carbons (Fsp3) is 0.375. The number of nitrogens with one attached hydrogen (secondary N) is 1. The molecule has 1 aliphatic heterocycles. The molecule has 0 bridgehead atoms. The zero-order chi connectivity index (χ0) is 17.6. The van der Waals surface area contributed by atoms with Gasteiger partial charge in [0.2, 0.25) is 0 Å². The van der Waals surface area contributed by atoms with Crippen LogP contribution >= 0.6 is 11.3 Å². The number of piperidine rings is 1. The molecule has 3 rings (SSSR count). The molecule has 0 radical (unpaired) electrons. The zero-order valence-corrected chi connectivity index (χ0v) is 14.1. The lowest BCUT2D eigenvalue weighted by atomic mass is 9.98. The van der Waals surface area contributed by atoms with Gasteiger partial charge in [0, 0.05) is 30.5 Å². The van der Waals surface area contributed by atoms with Crippen LogP contribution in [0, 0.1) is 12.3 Å². The second-order valence-electron chi connectivity index (χ2n) is 5.43. The predicted molar refractivity (Wildman–Crippen MR) is 90.3 cm³/mol. The second kappa shape index (κ2) is 7.81. The van der Waals surface area contributed by atoms with E-state index in [0.29, 0.717) is 24.6 Å².